The van der Waals surface area contributed by atoms with E-state index in [1.807, 2.05) is 35.2 Å². The molecule has 2 rings (SSSR count). The number of para-hydroxylation sites is 1. The van der Waals surface area contributed by atoms with E-state index >= 15 is 0 Å². The number of benzene rings is 1. The number of carbonyl (C=O) groups is 1. The number of nitrogens with zero attached hydrogens (tertiary/aromatic N) is 3. The van der Waals surface area contributed by atoms with Crippen molar-refractivity contribution < 1.29 is 4.79 Å². The van der Waals surface area contributed by atoms with Crippen LogP contribution in [0.5, 0.6) is 0 Å². The number of rotatable bonds is 5. The lowest BCUT2D eigenvalue weighted by atomic mass is 10.2. The van der Waals surface area contributed by atoms with Crippen LogP contribution in [0.4, 0.5) is 11.5 Å². The Bertz CT molecular complexity index is 617. The van der Waals surface area contributed by atoms with E-state index in [-0.39, 0.29) is 0 Å². The van der Waals surface area contributed by atoms with Crippen LogP contribution in [0.1, 0.15) is 16.8 Å². The van der Waals surface area contributed by atoms with Crippen LogP contribution in [0.3, 0.4) is 0 Å². The highest BCUT2D eigenvalue weighted by atomic mass is 16.1. The molecule has 0 saturated heterocycles. The smallest absolute Gasteiger partial charge is 0.250 e. The van der Waals surface area contributed by atoms with Crippen molar-refractivity contribution in [3.8, 4) is 6.07 Å². The Kier molecular flexibility index (Phi) is 4.30. The third-order valence-electron chi connectivity index (χ3n) is 2.82. The molecule has 5 nitrogen and oxygen atoms in total. The predicted molar refractivity (Wildman–Crippen MR) is 76.4 cm³/mol. The second kappa shape index (κ2) is 6.34. The van der Waals surface area contributed by atoms with Gasteiger partial charge in [0.25, 0.3) is 0 Å². The summed E-state index contributed by atoms with van der Waals surface area (Å²) < 4.78 is 0. The van der Waals surface area contributed by atoms with Crippen molar-refractivity contribution in [3.63, 3.8) is 0 Å². The molecule has 0 fully saturated rings. The van der Waals surface area contributed by atoms with Crippen LogP contribution in [-0.4, -0.2) is 17.4 Å². The van der Waals surface area contributed by atoms with Crippen LogP contribution in [0.25, 0.3) is 0 Å². The normalized spacial score (nSPS) is 9.75. The Morgan fingerprint density at radius 1 is 1.25 bits per heavy atom. The maximum Gasteiger partial charge on any atom is 0.250 e. The van der Waals surface area contributed by atoms with Gasteiger partial charge in [-0.25, -0.2) is 4.98 Å². The Balaban J connectivity index is 2.31. The van der Waals surface area contributed by atoms with Crippen LogP contribution in [0, 0.1) is 11.3 Å². The number of aromatic nitrogens is 1. The van der Waals surface area contributed by atoms with Crippen molar-refractivity contribution in [2.75, 3.05) is 11.4 Å². The van der Waals surface area contributed by atoms with Crippen LogP contribution in [0.15, 0.2) is 48.7 Å². The maximum atomic E-state index is 11.0. The third-order valence-corrected chi connectivity index (χ3v) is 2.82. The minimum Gasteiger partial charge on any atom is -0.366 e. The van der Waals surface area contributed by atoms with Gasteiger partial charge in [0.05, 0.1) is 18.1 Å². The Morgan fingerprint density at radius 2 is 2.00 bits per heavy atom. The number of anilines is 2. The first-order valence-electron chi connectivity index (χ1n) is 6.18. The highest BCUT2D eigenvalue weighted by molar-refractivity contribution is 5.92. The van der Waals surface area contributed by atoms with E-state index in [0.29, 0.717) is 24.3 Å². The Labute approximate surface area is 117 Å². The number of hydrogen-bond donors (Lipinski definition) is 1. The SMILES string of the molecule is N#CCCN(c1ccccc1)c1ccc(C(N)=O)cn1. The molecule has 1 amide bonds. The number of hydrogen-bond acceptors (Lipinski definition) is 4. The second-order valence-corrected chi connectivity index (χ2v) is 4.16. The van der Waals surface area contributed by atoms with Gasteiger partial charge in [0.1, 0.15) is 5.82 Å². The summed E-state index contributed by atoms with van der Waals surface area (Å²) in [6.45, 7) is 0.531. The minimum absolute atomic E-state index is 0.363. The Hall–Kier alpha value is -2.87. The van der Waals surface area contributed by atoms with E-state index in [4.69, 9.17) is 11.0 Å². The van der Waals surface area contributed by atoms with Gasteiger partial charge in [0.15, 0.2) is 0 Å². The number of primary amides is 1. The molecule has 0 aliphatic heterocycles. The molecule has 2 aromatic rings. The summed E-state index contributed by atoms with van der Waals surface area (Å²) in [6.07, 6.45) is 1.83. The average molecular weight is 266 g/mol. The van der Waals surface area contributed by atoms with Gasteiger partial charge in [0.2, 0.25) is 5.91 Å². The van der Waals surface area contributed by atoms with Crippen molar-refractivity contribution in [1.29, 1.82) is 5.26 Å². The van der Waals surface area contributed by atoms with Crippen molar-refractivity contribution in [2.45, 2.75) is 6.42 Å². The lowest BCUT2D eigenvalue weighted by Gasteiger charge is -2.22. The number of amides is 1. The van der Waals surface area contributed by atoms with Crippen molar-refractivity contribution in [2.24, 2.45) is 5.73 Å². The molecule has 1 aromatic heterocycles. The molecule has 0 atom stereocenters. The average Bonchev–Trinajstić information content (AvgIpc) is 2.49. The fourth-order valence-corrected chi connectivity index (χ4v) is 1.84. The first-order valence-corrected chi connectivity index (χ1v) is 6.18. The molecule has 0 spiro atoms. The van der Waals surface area contributed by atoms with Gasteiger partial charge in [-0.3, -0.25) is 4.79 Å². The van der Waals surface area contributed by atoms with E-state index in [2.05, 4.69) is 11.1 Å². The minimum atomic E-state index is -0.507. The maximum absolute atomic E-state index is 11.0. The second-order valence-electron chi connectivity index (χ2n) is 4.16. The molecule has 20 heavy (non-hydrogen) atoms. The summed E-state index contributed by atoms with van der Waals surface area (Å²) in [6, 6.07) is 15.1. The molecule has 5 heteroatoms. The van der Waals surface area contributed by atoms with Crippen LogP contribution in [-0.2, 0) is 0 Å². The van der Waals surface area contributed by atoms with Gasteiger partial charge in [-0.1, -0.05) is 18.2 Å². The highest BCUT2D eigenvalue weighted by Crippen LogP contribution is 2.23. The number of nitrogens with two attached hydrogens (primary N) is 1. The number of carbonyl (C=O) groups excluding carboxylic acids is 1. The van der Waals surface area contributed by atoms with Gasteiger partial charge >= 0.3 is 0 Å². The quantitative estimate of drug-likeness (QED) is 0.899. The first-order chi connectivity index (χ1) is 9.72. The summed E-state index contributed by atoms with van der Waals surface area (Å²) in [5.41, 5.74) is 6.51. The summed E-state index contributed by atoms with van der Waals surface area (Å²) in [7, 11) is 0. The largest absolute Gasteiger partial charge is 0.366 e. The molecule has 0 saturated carbocycles. The summed E-state index contributed by atoms with van der Waals surface area (Å²) in [5, 5.41) is 8.77. The predicted octanol–water partition coefficient (Wildman–Crippen LogP) is 2.23. The van der Waals surface area contributed by atoms with E-state index in [0.717, 1.165) is 5.69 Å². The van der Waals surface area contributed by atoms with Gasteiger partial charge in [-0.05, 0) is 24.3 Å². The molecule has 100 valence electrons. The summed E-state index contributed by atoms with van der Waals surface area (Å²) >= 11 is 0. The fourth-order valence-electron chi connectivity index (χ4n) is 1.84. The molecule has 1 heterocycles. The number of nitriles is 1. The van der Waals surface area contributed by atoms with Crippen LogP contribution >= 0.6 is 0 Å². The summed E-state index contributed by atoms with van der Waals surface area (Å²) in [5.74, 6) is 0.170. The zero-order valence-corrected chi connectivity index (χ0v) is 10.9. The van der Waals surface area contributed by atoms with Gasteiger partial charge in [-0.2, -0.15) is 5.26 Å². The molecular formula is C15H14N4O. The zero-order valence-electron chi connectivity index (χ0n) is 10.9. The van der Waals surface area contributed by atoms with Gasteiger partial charge in [0, 0.05) is 18.4 Å². The molecule has 0 radical (unpaired) electrons. The zero-order chi connectivity index (χ0) is 14.4. The van der Waals surface area contributed by atoms with Crippen molar-refractivity contribution in [1.82, 2.24) is 4.98 Å². The van der Waals surface area contributed by atoms with E-state index < -0.39 is 5.91 Å². The van der Waals surface area contributed by atoms with Gasteiger partial charge in [-0.15, -0.1) is 0 Å². The van der Waals surface area contributed by atoms with Crippen molar-refractivity contribution >= 4 is 17.4 Å². The number of pyridine rings is 1. The first kappa shape index (κ1) is 13.6. The molecule has 0 unspecified atom stereocenters. The van der Waals surface area contributed by atoms with E-state index in [9.17, 15) is 4.79 Å². The fraction of sp³-hybridized carbons (Fsp3) is 0.133. The van der Waals surface area contributed by atoms with Crippen LogP contribution in [0.2, 0.25) is 0 Å². The molecule has 1 aromatic carbocycles. The lowest BCUT2D eigenvalue weighted by Crippen LogP contribution is -2.20. The Morgan fingerprint density at radius 3 is 2.55 bits per heavy atom. The third kappa shape index (κ3) is 3.12. The molecule has 2 N–H and O–H groups in total. The standard InChI is InChI=1S/C15H14N4O/c16-9-4-10-19(13-5-2-1-3-6-13)14-8-7-12(11-18-14)15(17)20/h1-3,5-8,11H,4,10H2,(H2,17,20). The molecule has 0 aliphatic rings. The van der Waals surface area contributed by atoms with E-state index in [1.165, 1.54) is 6.20 Å². The van der Waals surface area contributed by atoms with E-state index in [1.54, 1.807) is 12.1 Å². The lowest BCUT2D eigenvalue weighted by molar-refractivity contribution is 0.1000. The van der Waals surface area contributed by atoms with Crippen LogP contribution < -0.4 is 10.6 Å². The van der Waals surface area contributed by atoms with Crippen molar-refractivity contribution in [3.05, 3.63) is 54.2 Å². The topological polar surface area (TPSA) is 83.0 Å². The molecule has 0 aliphatic carbocycles. The highest BCUT2D eigenvalue weighted by Gasteiger charge is 2.10. The molecular weight excluding hydrogens is 252 g/mol. The molecule has 0 bridgehead atoms. The monoisotopic (exact) mass is 266 g/mol. The summed E-state index contributed by atoms with van der Waals surface area (Å²) in [4.78, 5) is 17.2. The van der Waals surface area contributed by atoms with Gasteiger partial charge < -0.3 is 10.6 Å².